The molecule has 3 aromatic rings. The maximum Gasteiger partial charge on any atom is 0.311 e. The van der Waals surface area contributed by atoms with Crippen LogP contribution in [0.4, 0.5) is 5.13 Å². The zero-order valence-corrected chi connectivity index (χ0v) is 17.7. The average Bonchev–Trinajstić information content (AvgIpc) is 3.19. The Morgan fingerprint density at radius 3 is 2.47 bits per heavy atom. The normalized spacial score (nSPS) is 11.6. The van der Waals surface area contributed by atoms with Crippen LogP contribution in [0, 0.1) is 0 Å². The van der Waals surface area contributed by atoms with Crippen LogP contribution in [0.25, 0.3) is 0 Å². The van der Waals surface area contributed by atoms with Crippen molar-refractivity contribution in [3.8, 4) is 0 Å². The van der Waals surface area contributed by atoms with E-state index in [4.69, 9.17) is 4.74 Å². The maximum absolute atomic E-state index is 12.4. The van der Waals surface area contributed by atoms with Crippen molar-refractivity contribution in [1.29, 1.82) is 0 Å². The van der Waals surface area contributed by atoms with Crippen LogP contribution >= 0.6 is 11.3 Å². The minimum absolute atomic E-state index is 0.00928. The van der Waals surface area contributed by atoms with E-state index >= 15 is 0 Å². The van der Waals surface area contributed by atoms with Gasteiger partial charge in [-0.1, -0.05) is 60.7 Å². The number of aromatic nitrogens is 1. The Morgan fingerprint density at radius 1 is 1.07 bits per heavy atom. The van der Waals surface area contributed by atoms with E-state index in [1.165, 1.54) is 16.9 Å². The van der Waals surface area contributed by atoms with Gasteiger partial charge in [-0.3, -0.25) is 9.59 Å². The number of thiazole rings is 1. The van der Waals surface area contributed by atoms with E-state index in [0.29, 0.717) is 17.4 Å². The molecule has 1 aromatic heterocycles. The molecule has 3 rings (SSSR count). The van der Waals surface area contributed by atoms with Crippen LogP contribution in [-0.4, -0.2) is 30.0 Å². The summed E-state index contributed by atoms with van der Waals surface area (Å²) in [5, 5.41) is 8.37. The van der Waals surface area contributed by atoms with Gasteiger partial charge < -0.3 is 15.4 Å². The molecule has 0 spiro atoms. The molecule has 1 unspecified atom stereocenters. The fourth-order valence-corrected chi connectivity index (χ4v) is 3.75. The SMILES string of the molecule is CCOC(=O)Cc1csc(NC(=O)CNC(Cc2ccccc2)c2ccccc2)n1. The van der Waals surface area contributed by atoms with E-state index in [0.717, 1.165) is 12.0 Å². The number of nitrogens with one attached hydrogen (secondary N) is 2. The smallest absolute Gasteiger partial charge is 0.311 e. The Bertz CT molecular complexity index is 945. The Labute approximate surface area is 180 Å². The summed E-state index contributed by atoms with van der Waals surface area (Å²) in [5.74, 6) is -0.505. The third-order valence-electron chi connectivity index (χ3n) is 4.42. The van der Waals surface area contributed by atoms with Crippen LogP contribution in [0.3, 0.4) is 0 Å². The average molecular weight is 424 g/mol. The Hall–Kier alpha value is -3.03. The number of amides is 1. The summed E-state index contributed by atoms with van der Waals surface area (Å²) in [7, 11) is 0. The minimum atomic E-state index is -0.325. The first-order valence-corrected chi connectivity index (χ1v) is 10.7. The molecule has 0 aliphatic rings. The molecule has 0 aliphatic carbocycles. The summed E-state index contributed by atoms with van der Waals surface area (Å²) in [6.45, 7) is 2.25. The number of carbonyl (C=O) groups is 2. The number of nitrogens with zero attached hydrogens (tertiary/aromatic N) is 1. The summed E-state index contributed by atoms with van der Waals surface area (Å²) in [5.41, 5.74) is 2.91. The van der Waals surface area contributed by atoms with Crippen LogP contribution < -0.4 is 10.6 Å². The van der Waals surface area contributed by atoms with Crippen molar-refractivity contribution in [2.24, 2.45) is 0 Å². The molecule has 0 saturated heterocycles. The van der Waals surface area contributed by atoms with Gasteiger partial charge in [0.1, 0.15) is 0 Å². The maximum atomic E-state index is 12.4. The Balaban J connectivity index is 1.56. The highest BCUT2D eigenvalue weighted by Crippen LogP contribution is 2.19. The summed E-state index contributed by atoms with van der Waals surface area (Å²) >= 11 is 1.29. The minimum Gasteiger partial charge on any atom is -0.466 e. The van der Waals surface area contributed by atoms with Gasteiger partial charge in [0.05, 0.1) is 25.3 Å². The molecule has 1 atom stereocenters. The lowest BCUT2D eigenvalue weighted by Crippen LogP contribution is -2.32. The Kier molecular flexibility index (Phi) is 8.11. The first-order chi connectivity index (χ1) is 14.6. The van der Waals surface area contributed by atoms with Crippen LogP contribution in [-0.2, 0) is 27.2 Å². The van der Waals surface area contributed by atoms with Crippen LogP contribution in [0.2, 0.25) is 0 Å². The van der Waals surface area contributed by atoms with Crippen LogP contribution in [0.1, 0.15) is 29.8 Å². The van der Waals surface area contributed by atoms with Gasteiger partial charge in [-0.25, -0.2) is 4.98 Å². The molecule has 30 heavy (non-hydrogen) atoms. The van der Waals surface area contributed by atoms with Crippen LogP contribution in [0.5, 0.6) is 0 Å². The van der Waals surface area contributed by atoms with Crippen molar-refractivity contribution in [3.05, 3.63) is 82.9 Å². The molecule has 0 saturated carbocycles. The van der Waals surface area contributed by atoms with Gasteiger partial charge in [0.2, 0.25) is 5.91 Å². The second-order valence-electron chi connectivity index (χ2n) is 6.71. The molecule has 0 fully saturated rings. The topological polar surface area (TPSA) is 80.3 Å². The van der Waals surface area contributed by atoms with Gasteiger partial charge in [-0.15, -0.1) is 11.3 Å². The van der Waals surface area contributed by atoms with Crippen molar-refractivity contribution in [2.75, 3.05) is 18.5 Å². The molecule has 1 amide bonds. The number of hydrogen-bond acceptors (Lipinski definition) is 6. The fourth-order valence-electron chi connectivity index (χ4n) is 3.03. The zero-order chi connectivity index (χ0) is 21.2. The van der Waals surface area contributed by atoms with E-state index in [2.05, 4.69) is 39.9 Å². The number of ether oxygens (including phenoxy) is 1. The summed E-state index contributed by atoms with van der Waals surface area (Å²) in [6, 6.07) is 20.3. The highest BCUT2D eigenvalue weighted by atomic mass is 32.1. The van der Waals surface area contributed by atoms with Crippen molar-refractivity contribution in [2.45, 2.75) is 25.8 Å². The molecule has 2 N–H and O–H groups in total. The van der Waals surface area contributed by atoms with E-state index in [9.17, 15) is 9.59 Å². The van der Waals surface area contributed by atoms with Crippen molar-refractivity contribution >= 4 is 28.3 Å². The highest BCUT2D eigenvalue weighted by Gasteiger charge is 2.15. The number of anilines is 1. The first-order valence-electron chi connectivity index (χ1n) is 9.86. The number of carbonyl (C=O) groups excluding carboxylic acids is 2. The number of rotatable bonds is 10. The molecule has 2 aromatic carbocycles. The van der Waals surface area contributed by atoms with E-state index in [1.54, 1.807) is 12.3 Å². The largest absolute Gasteiger partial charge is 0.466 e. The summed E-state index contributed by atoms with van der Waals surface area (Å²) in [6.07, 6.45) is 0.880. The second kappa shape index (κ2) is 11.2. The van der Waals surface area contributed by atoms with Gasteiger partial charge >= 0.3 is 5.97 Å². The number of hydrogen-bond donors (Lipinski definition) is 2. The predicted octanol–water partition coefficient (Wildman–Crippen LogP) is 3.76. The van der Waals surface area contributed by atoms with E-state index < -0.39 is 0 Å². The molecule has 0 aliphatic heterocycles. The first kappa shape index (κ1) is 21.7. The van der Waals surface area contributed by atoms with Crippen molar-refractivity contribution in [3.63, 3.8) is 0 Å². The third-order valence-corrected chi connectivity index (χ3v) is 5.23. The van der Waals surface area contributed by atoms with E-state index in [-0.39, 0.29) is 30.9 Å². The van der Waals surface area contributed by atoms with Gasteiger partial charge in [-0.2, -0.15) is 0 Å². The second-order valence-corrected chi connectivity index (χ2v) is 7.57. The van der Waals surface area contributed by atoms with Gasteiger partial charge in [0, 0.05) is 11.4 Å². The monoisotopic (exact) mass is 423 g/mol. The molecular formula is C23H25N3O3S. The van der Waals surface area contributed by atoms with Crippen LogP contribution in [0.15, 0.2) is 66.0 Å². The van der Waals surface area contributed by atoms with Crippen molar-refractivity contribution in [1.82, 2.24) is 10.3 Å². The standard InChI is InChI=1S/C23H25N3O3S/c1-2-29-22(28)14-19-16-30-23(25-19)26-21(27)15-24-20(18-11-7-4-8-12-18)13-17-9-5-3-6-10-17/h3-12,16,20,24H,2,13-15H2,1H3,(H,25,26,27). The third kappa shape index (κ3) is 6.79. The lowest BCUT2D eigenvalue weighted by Gasteiger charge is -2.19. The quantitative estimate of drug-likeness (QED) is 0.486. The van der Waals surface area contributed by atoms with Gasteiger partial charge in [-0.05, 0) is 24.5 Å². The zero-order valence-electron chi connectivity index (χ0n) is 16.8. The molecule has 0 bridgehead atoms. The Morgan fingerprint density at radius 2 is 1.77 bits per heavy atom. The summed E-state index contributed by atoms with van der Waals surface area (Å²) < 4.78 is 4.92. The lowest BCUT2D eigenvalue weighted by atomic mass is 9.99. The molecule has 6 nitrogen and oxygen atoms in total. The highest BCUT2D eigenvalue weighted by molar-refractivity contribution is 7.13. The molecule has 0 radical (unpaired) electrons. The molecule has 7 heteroatoms. The lowest BCUT2D eigenvalue weighted by molar-refractivity contribution is -0.142. The summed E-state index contributed by atoms with van der Waals surface area (Å²) in [4.78, 5) is 28.3. The number of benzene rings is 2. The predicted molar refractivity (Wildman–Crippen MR) is 118 cm³/mol. The number of esters is 1. The van der Waals surface area contributed by atoms with Gasteiger partial charge in [0.15, 0.2) is 5.13 Å². The van der Waals surface area contributed by atoms with E-state index in [1.807, 2.05) is 36.4 Å². The molecule has 1 heterocycles. The molecule has 156 valence electrons. The van der Waals surface area contributed by atoms with Gasteiger partial charge in [0.25, 0.3) is 0 Å². The fraction of sp³-hybridized carbons (Fsp3) is 0.261. The van der Waals surface area contributed by atoms with Crippen molar-refractivity contribution < 1.29 is 14.3 Å². The molecular weight excluding hydrogens is 398 g/mol.